The number of aliphatic hydroxyl groups is 6. The summed E-state index contributed by atoms with van der Waals surface area (Å²) in [5, 5.41) is 60.5. The zero-order valence-electron chi connectivity index (χ0n) is 60.8. The lowest BCUT2D eigenvalue weighted by molar-refractivity contribution is 0.0285. The van der Waals surface area contributed by atoms with Gasteiger partial charge < -0.3 is 74.0 Å². The van der Waals surface area contributed by atoms with Crippen LogP contribution in [-0.2, 0) is 28.7 Å². The van der Waals surface area contributed by atoms with Crippen LogP contribution in [0.2, 0.25) is 0 Å². The Morgan fingerprint density at radius 1 is 0.449 bits per heavy atom. The number of fused-ring (bicyclic) bond motifs is 9. The molecule has 0 aliphatic carbocycles. The molecule has 10 aromatic rings. The largest absolute Gasteiger partial charge is 0.493 e. The Kier molecular flexibility index (Phi) is 25.9. The first-order chi connectivity index (χ1) is 51.3. The van der Waals surface area contributed by atoms with Gasteiger partial charge in [0.2, 0.25) is 0 Å². The van der Waals surface area contributed by atoms with Crippen LogP contribution in [-0.4, -0.2) is 170 Å². The van der Waals surface area contributed by atoms with Crippen molar-refractivity contribution in [1.82, 2.24) is 29.7 Å². The average Bonchev–Trinajstić information content (AvgIpc) is 1.63. The Morgan fingerprint density at radius 2 is 0.757 bits per heavy atom. The van der Waals surface area contributed by atoms with Crippen molar-refractivity contribution >= 4 is 98.8 Å². The number of ether oxygens (including phenoxy) is 6. The van der Waals surface area contributed by atoms with Crippen molar-refractivity contribution in [3.63, 3.8) is 0 Å². The molecule has 568 valence electrons. The molecule has 3 aliphatic rings. The van der Waals surface area contributed by atoms with Gasteiger partial charge in [-0.15, -0.1) is 0 Å². The molecule has 3 unspecified atom stereocenters. The number of H-pyrrole nitrogens is 3. The van der Waals surface area contributed by atoms with E-state index in [0.717, 1.165) is 98.3 Å². The van der Waals surface area contributed by atoms with E-state index in [4.69, 9.17) is 28.4 Å². The van der Waals surface area contributed by atoms with Gasteiger partial charge in [-0.05, 0) is 188 Å². The van der Waals surface area contributed by atoms with E-state index in [-0.39, 0.29) is 102 Å². The number of nitrogens with one attached hydrogen (secondary N) is 3. The summed E-state index contributed by atoms with van der Waals surface area (Å²) in [5.74, 6) is 1.95. The van der Waals surface area contributed by atoms with Gasteiger partial charge in [-0.2, -0.15) is 0 Å². The number of halogens is 4. The Balaban J connectivity index is 0.000000160. The molecule has 0 saturated heterocycles. The number of carbonyl (C=O) groups is 3. The maximum atomic E-state index is 13.4. The molecule has 3 aliphatic heterocycles. The SMILES string of the molecule is CC(C)COC(=O)N1CCc2c([nH]c3ccc(Br)cc23)C1c1ccc(OCC(C)(CO)CO)cc1.CC(C)OC(=O)N1CCc2c([nH]c3ccc(Br)cc23)C1c1ccc(OCC(C)(CO)CO)cc1.CC(CO)(CO)COc1ccc(C2c3[nH]c4ccc(Br)cc4c3CCN2C(=O)Oc2ccc(F)cc2)cc1. The molecule has 7 aromatic carbocycles. The van der Waals surface area contributed by atoms with Crippen LogP contribution in [0, 0.1) is 28.0 Å². The highest BCUT2D eigenvalue weighted by atomic mass is 79.9. The fourth-order valence-corrected chi connectivity index (χ4v) is 14.2. The van der Waals surface area contributed by atoms with E-state index >= 15 is 0 Å². The van der Waals surface area contributed by atoms with Crippen LogP contribution >= 0.6 is 47.8 Å². The molecule has 107 heavy (non-hydrogen) atoms. The number of hydrogen-bond acceptors (Lipinski definition) is 15. The number of aromatic nitrogens is 3. The van der Waals surface area contributed by atoms with Gasteiger partial charge in [0.05, 0.1) is 72.2 Å². The maximum Gasteiger partial charge on any atom is 0.416 e. The first kappa shape index (κ1) is 79.5. The van der Waals surface area contributed by atoms with Crippen LogP contribution in [0.25, 0.3) is 32.7 Å². The van der Waals surface area contributed by atoms with E-state index in [1.165, 1.54) is 35.4 Å². The lowest BCUT2D eigenvalue weighted by Gasteiger charge is -2.36. The highest BCUT2D eigenvalue weighted by Crippen LogP contribution is 2.44. The molecule has 13 rings (SSSR count). The second-order valence-electron chi connectivity index (χ2n) is 29.3. The summed E-state index contributed by atoms with van der Waals surface area (Å²) in [6.07, 6.45) is 0.704. The number of rotatable bonds is 22. The average molecular weight is 1660 g/mol. The van der Waals surface area contributed by atoms with E-state index < -0.39 is 34.2 Å². The highest BCUT2D eigenvalue weighted by molar-refractivity contribution is 9.11. The summed E-state index contributed by atoms with van der Waals surface area (Å²) in [4.78, 5) is 55.4. The first-order valence-electron chi connectivity index (χ1n) is 35.7. The van der Waals surface area contributed by atoms with Gasteiger partial charge in [-0.25, -0.2) is 18.8 Å². The van der Waals surface area contributed by atoms with Gasteiger partial charge >= 0.3 is 18.3 Å². The number of nitrogens with zero attached hydrogens (tertiary/aromatic N) is 3. The minimum absolute atomic E-state index is 0.153. The van der Waals surface area contributed by atoms with Crippen molar-refractivity contribution in [2.45, 2.75) is 92.0 Å². The molecule has 3 aromatic heterocycles. The van der Waals surface area contributed by atoms with E-state index in [1.807, 2.05) is 137 Å². The molecular weight excluding hydrogens is 1570 g/mol. The highest BCUT2D eigenvalue weighted by Gasteiger charge is 2.40. The van der Waals surface area contributed by atoms with Crippen LogP contribution in [0.15, 0.2) is 165 Å². The Morgan fingerprint density at radius 3 is 1.07 bits per heavy atom. The predicted octanol–water partition coefficient (Wildman–Crippen LogP) is 15.4. The molecule has 3 amide bonds. The molecule has 0 spiro atoms. The minimum atomic E-state index is -0.753. The van der Waals surface area contributed by atoms with Gasteiger partial charge in [0.25, 0.3) is 0 Å². The monoisotopic (exact) mass is 1660 g/mol. The van der Waals surface area contributed by atoms with E-state index in [0.29, 0.717) is 49.9 Å². The van der Waals surface area contributed by atoms with Crippen LogP contribution < -0.4 is 18.9 Å². The first-order valence-corrected chi connectivity index (χ1v) is 38.0. The molecule has 0 fully saturated rings. The van der Waals surface area contributed by atoms with Crippen LogP contribution in [0.1, 0.15) is 117 Å². The van der Waals surface area contributed by atoms with Crippen LogP contribution in [0.5, 0.6) is 23.0 Å². The van der Waals surface area contributed by atoms with Gasteiger partial charge in [0, 0.05) is 99.1 Å². The number of aromatic amines is 3. The summed E-state index contributed by atoms with van der Waals surface area (Å²) >= 11 is 10.7. The molecule has 0 radical (unpaired) electrons. The van der Waals surface area contributed by atoms with E-state index in [2.05, 4.69) is 80.9 Å². The number of carbonyl (C=O) groups excluding carboxylic acids is 3. The fourth-order valence-electron chi connectivity index (χ4n) is 13.1. The molecular formula is C82H92Br3FN6O15. The second-order valence-corrected chi connectivity index (χ2v) is 32.1. The van der Waals surface area contributed by atoms with E-state index in [9.17, 15) is 49.4 Å². The van der Waals surface area contributed by atoms with Gasteiger partial charge in [0.1, 0.15) is 46.9 Å². The van der Waals surface area contributed by atoms with Gasteiger partial charge in [-0.1, -0.05) is 119 Å². The molecule has 3 atom stereocenters. The Bertz CT molecular complexity index is 4690. The van der Waals surface area contributed by atoms with Crippen molar-refractivity contribution in [1.29, 1.82) is 0 Å². The van der Waals surface area contributed by atoms with Crippen molar-refractivity contribution in [3.05, 3.63) is 221 Å². The summed E-state index contributed by atoms with van der Waals surface area (Å²) < 4.78 is 50.6. The molecule has 25 heteroatoms. The lowest BCUT2D eigenvalue weighted by Crippen LogP contribution is -2.42. The standard InChI is InChI=1S/C29H28BrFN2O5.C27H33BrN2O5.C26H31BrN2O5/c1-29(15-34,16-35)17-37-21-7-2-18(3-8-21)27-26-23(24-14-19(30)4-11-25(24)32-26)12-13-33(27)28(36)38-22-9-5-20(31)6-10-22;1-17(2)13-34-26(33)30-11-10-21-22-12-19(28)6-9-23(22)29-24(21)25(30)18-4-7-20(8-5-18)35-16-27(3,14-31)15-32;1-16(2)34-25(32)29-11-10-20-21-12-18(27)6-9-22(21)28-23(20)24(29)17-4-7-19(8-5-17)33-15-26(3,13-30)14-31/h2-11,14,27,32,34-35H,12-13,15-17H2,1H3;4-9,12,17,25,29,31-32H,10-11,13-16H2,1-3H3;4-9,12,16,24,28,30-31H,10-11,13-15H2,1-3H3. The van der Waals surface area contributed by atoms with Gasteiger partial charge in [0.15, 0.2) is 0 Å². The van der Waals surface area contributed by atoms with Gasteiger partial charge in [-0.3, -0.25) is 14.7 Å². The third kappa shape index (κ3) is 18.6. The quantitative estimate of drug-likeness (QED) is 0.0305. The van der Waals surface area contributed by atoms with Crippen molar-refractivity contribution in [3.8, 4) is 23.0 Å². The third-order valence-electron chi connectivity index (χ3n) is 19.5. The smallest absolute Gasteiger partial charge is 0.416 e. The fraction of sp³-hybridized carbons (Fsp3) is 0.378. The zero-order chi connectivity index (χ0) is 76.5. The van der Waals surface area contributed by atoms with Crippen molar-refractivity contribution in [2.24, 2.45) is 22.2 Å². The molecule has 6 heterocycles. The Hall–Kier alpha value is -8.50. The third-order valence-corrected chi connectivity index (χ3v) is 21.0. The van der Waals surface area contributed by atoms with Crippen molar-refractivity contribution in [2.75, 3.05) is 85.7 Å². The van der Waals surface area contributed by atoms with E-state index in [1.54, 1.807) is 35.5 Å². The second kappa shape index (κ2) is 34.8. The van der Waals surface area contributed by atoms with Crippen LogP contribution in [0.4, 0.5) is 18.8 Å². The topological polar surface area (TPSA) is 285 Å². The summed E-state index contributed by atoms with van der Waals surface area (Å²) in [6.45, 7) is 14.4. The number of amides is 3. The molecule has 21 nitrogen and oxygen atoms in total. The molecule has 9 N–H and O–H groups in total. The zero-order valence-corrected chi connectivity index (χ0v) is 65.6. The minimum Gasteiger partial charge on any atom is -0.493 e. The molecule has 0 bridgehead atoms. The maximum absolute atomic E-state index is 13.4. The van der Waals surface area contributed by atoms with Crippen molar-refractivity contribution < 1.29 is 77.8 Å². The summed E-state index contributed by atoms with van der Waals surface area (Å²) in [7, 11) is 0. The van der Waals surface area contributed by atoms with Crippen LogP contribution in [0.3, 0.4) is 0 Å². The molecule has 0 saturated carbocycles. The normalized spacial score (nSPS) is 15.8. The summed E-state index contributed by atoms with van der Waals surface area (Å²) in [5.41, 5.74) is 10.0. The number of hydrogen-bond donors (Lipinski definition) is 9. The number of benzene rings is 7. The Labute approximate surface area is 646 Å². The summed E-state index contributed by atoms with van der Waals surface area (Å²) in [6, 6.07) is 45.3. The number of aliphatic hydroxyl groups excluding tert-OH is 6. The predicted molar refractivity (Wildman–Crippen MR) is 418 cm³/mol. The lowest BCUT2D eigenvalue weighted by atomic mass is 9.92.